The number of guanidine groups is 1. The molecule has 0 saturated heterocycles. The first kappa shape index (κ1) is 19.4. The maximum atomic E-state index is 12.9. The molecule has 0 saturated carbocycles. The van der Waals surface area contributed by atoms with E-state index in [0.717, 1.165) is 12.0 Å². The quantitative estimate of drug-likeness (QED) is 0.502. The van der Waals surface area contributed by atoms with Crippen molar-refractivity contribution < 1.29 is 9.18 Å². The van der Waals surface area contributed by atoms with Crippen molar-refractivity contribution in [1.82, 2.24) is 16.0 Å². The third-order valence-electron chi connectivity index (χ3n) is 3.67. The Balaban J connectivity index is 1.74. The molecule has 2 aromatic rings. The zero-order valence-electron chi connectivity index (χ0n) is 15.0. The average molecular weight is 356 g/mol. The van der Waals surface area contributed by atoms with Crippen molar-refractivity contribution in [3.05, 3.63) is 71.5 Å². The van der Waals surface area contributed by atoms with Crippen LogP contribution in [0.25, 0.3) is 0 Å². The minimum Gasteiger partial charge on any atom is -0.357 e. The van der Waals surface area contributed by atoms with E-state index in [9.17, 15) is 9.18 Å². The first-order valence-electron chi connectivity index (χ1n) is 8.74. The second kappa shape index (κ2) is 10.9. The molecule has 0 bridgehead atoms. The zero-order chi connectivity index (χ0) is 18.6. The van der Waals surface area contributed by atoms with Gasteiger partial charge in [0.2, 0.25) is 5.91 Å². The molecule has 0 fully saturated rings. The van der Waals surface area contributed by atoms with E-state index in [1.807, 2.05) is 37.3 Å². The number of aliphatic imine (C=N–C) groups is 1. The number of nitrogens with zero attached hydrogens (tertiary/aromatic N) is 1. The molecule has 6 heteroatoms. The van der Waals surface area contributed by atoms with Crippen LogP contribution >= 0.6 is 0 Å². The average Bonchev–Trinajstić information content (AvgIpc) is 2.66. The van der Waals surface area contributed by atoms with Gasteiger partial charge < -0.3 is 16.0 Å². The van der Waals surface area contributed by atoms with Gasteiger partial charge in [-0.3, -0.25) is 4.79 Å². The summed E-state index contributed by atoms with van der Waals surface area (Å²) in [5, 5.41) is 8.97. The van der Waals surface area contributed by atoms with Crippen molar-refractivity contribution >= 4 is 11.9 Å². The number of rotatable bonds is 8. The smallest absolute Gasteiger partial charge is 0.239 e. The number of halogens is 1. The van der Waals surface area contributed by atoms with E-state index in [1.165, 1.54) is 17.7 Å². The van der Waals surface area contributed by atoms with Crippen LogP contribution in [0.3, 0.4) is 0 Å². The Kier molecular flexibility index (Phi) is 8.12. The van der Waals surface area contributed by atoms with Gasteiger partial charge in [0, 0.05) is 13.1 Å². The highest BCUT2D eigenvalue weighted by atomic mass is 19.1. The van der Waals surface area contributed by atoms with Crippen molar-refractivity contribution in [2.24, 2.45) is 4.99 Å². The van der Waals surface area contributed by atoms with Gasteiger partial charge in [-0.2, -0.15) is 0 Å². The number of amides is 1. The molecule has 0 unspecified atom stereocenters. The van der Waals surface area contributed by atoms with E-state index in [0.29, 0.717) is 25.6 Å². The summed E-state index contributed by atoms with van der Waals surface area (Å²) in [4.78, 5) is 16.4. The Hall–Kier alpha value is -2.89. The molecule has 1 amide bonds. The maximum absolute atomic E-state index is 12.9. The number of hydrogen-bond acceptors (Lipinski definition) is 2. The third kappa shape index (κ3) is 7.34. The van der Waals surface area contributed by atoms with Crippen molar-refractivity contribution in [3.8, 4) is 0 Å². The molecule has 138 valence electrons. The van der Waals surface area contributed by atoms with Gasteiger partial charge in [0.1, 0.15) is 5.82 Å². The van der Waals surface area contributed by atoms with Crippen LogP contribution in [0.4, 0.5) is 4.39 Å². The molecular formula is C20H25FN4O. The summed E-state index contributed by atoms with van der Waals surface area (Å²) in [6, 6.07) is 16.2. The van der Waals surface area contributed by atoms with E-state index in [2.05, 4.69) is 20.9 Å². The van der Waals surface area contributed by atoms with Crippen LogP contribution in [0.1, 0.15) is 18.1 Å². The van der Waals surface area contributed by atoms with E-state index < -0.39 is 0 Å². The van der Waals surface area contributed by atoms with E-state index >= 15 is 0 Å². The largest absolute Gasteiger partial charge is 0.357 e. The molecule has 0 aromatic heterocycles. The first-order valence-corrected chi connectivity index (χ1v) is 8.74. The molecule has 0 atom stereocenters. The molecule has 0 aliphatic rings. The van der Waals surface area contributed by atoms with Gasteiger partial charge in [-0.25, -0.2) is 9.38 Å². The van der Waals surface area contributed by atoms with Gasteiger partial charge in [0.05, 0.1) is 13.1 Å². The summed E-state index contributed by atoms with van der Waals surface area (Å²) >= 11 is 0. The summed E-state index contributed by atoms with van der Waals surface area (Å²) in [6.07, 6.45) is 0.797. The fourth-order valence-electron chi connectivity index (χ4n) is 2.32. The summed E-state index contributed by atoms with van der Waals surface area (Å²) in [7, 11) is 0. The lowest BCUT2D eigenvalue weighted by atomic mass is 10.1. The number of benzene rings is 2. The van der Waals surface area contributed by atoms with Gasteiger partial charge in [-0.15, -0.1) is 0 Å². The molecule has 5 nitrogen and oxygen atoms in total. The van der Waals surface area contributed by atoms with Crippen molar-refractivity contribution in [3.63, 3.8) is 0 Å². The van der Waals surface area contributed by atoms with Crippen LogP contribution < -0.4 is 16.0 Å². The standard InChI is InChI=1S/C20H25FN4O/c1-2-22-20(24-14-17-8-10-18(21)11-9-17)25-15-19(26)23-13-12-16-6-4-3-5-7-16/h3-11H,2,12-15H2,1H3,(H,23,26)(H2,22,24,25). The number of hydrogen-bond donors (Lipinski definition) is 3. The van der Waals surface area contributed by atoms with Crippen molar-refractivity contribution in [1.29, 1.82) is 0 Å². The molecule has 2 aromatic carbocycles. The van der Waals surface area contributed by atoms with E-state index in [-0.39, 0.29) is 18.3 Å². The predicted molar refractivity (Wildman–Crippen MR) is 102 cm³/mol. The fourth-order valence-corrected chi connectivity index (χ4v) is 2.32. The number of nitrogens with one attached hydrogen (secondary N) is 3. The second-order valence-electron chi connectivity index (χ2n) is 5.76. The molecule has 0 aliphatic heterocycles. The Morgan fingerprint density at radius 1 is 0.962 bits per heavy atom. The van der Waals surface area contributed by atoms with Crippen LogP contribution in [0.5, 0.6) is 0 Å². The van der Waals surface area contributed by atoms with E-state index in [4.69, 9.17) is 0 Å². The number of carbonyl (C=O) groups excluding carboxylic acids is 1. The lowest BCUT2D eigenvalue weighted by Crippen LogP contribution is -2.43. The van der Waals surface area contributed by atoms with Crippen LogP contribution in [0.15, 0.2) is 59.6 Å². The normalized spacial score (nSPS) is 11.1. The highest BCUT2D eigenvalue weighted by Gasteiger charge is 2.03. The van der Waals surface area contributed by atoms with Crippen molar-refractivity contribution in [2.75, 3.05) is 19.6 Å². The van der Waals surface area contributed by atoms with Crippen LogP contribution in [0.2, 0.25) is 0 Å². The second-order valence-corrected chi connectivity index (χ2v) is 5.76. The van der Waals surface area contributed by atoms with Crippen molar-refractivity contribution in [2.45, 2.75) is 19.9 Å². The molecule has 0 spiro atoms. The van der Waals surface area contributed by atoms with Gasteiger partial charge in [-0.1, -0.05) is 42.5 Å². The van der Waals surface area contributed by atoms with E-state index in [1.54, 1.807) is 12.1 Å². The molecular weight excluding hydrogens is 331 g/mol. The van der Waals surface area contributed by atoms with Crippen LogP contribution in [-0.2, 0) is 17.8 Å². The lowest BCUT2D eigenvalue weighted by Gasteiger charge is -2.11. The van der Waals surface area contributed by atoms with Gasteiger partial charge in [-0.05, 0) is 36.6 Å². The topological polar surface area (TPSA) is 65.5 Å². The molecule has 0 radical (unpaired) electrons. The third-order valence-corrected chi connectivity index (χ3v) is 3.67. The highest BCUT2D eigenvalue weighted by Crippen LogP contribution is 2.03. The Labute approximate surface area is 153 Å². The molecule has 2 rings (SSSR count). The fraction of sp³-hybridized carbons (Fsp3) is 0.300. The summed E-state index contributed by atoms with van der Waals surface area (Å²) in [6.45, 7) is 3.78. The monoisotopic (exact) mass is 356 g/mol. The van der Waals surface area contributed by atoms with Crippen LogP contribution in [-0.4, -0.2) is 31.5 Å². The SMILES string of the molecule is CCNC(=NCc1ccc(F)cc1)NCC(=O)NCCc1ccccc1. The number of carbonyl (C=O) groups is 1. The molecule has 26 heavy (non-hydrogen) atoms. The maximum Gasteiger partial charge on any atom is 0.239 e. The van der Waals surface area contributed by atoms with Gasteiger partial charge in [0.15, 0.2) is 5.96 Å². The first-order chi connectivity index (χ1) is 12.7. The van der Waals surface area contributed by atoms with Crippen LogP contribution in [0, 0.1) is 5.82 Å². The molecule has 0 heterocycles. The minimum absolute atomic E-state index is 0.0895. The summed E-state index contributed by atoms with van der Waals surface area (Å²) in [5.74, 6) is 0.193. The Morgan fingerprint density at radius 2 is 1.69 bits per heavy atom. The van der Waals surface area contributed by atoms with Gasteiger partial charge in [0.25, 0.3) is 0 Å². The molecule has 0 aliphatic carbocycles. The Bertz CT molecular complexity index is 702. The summed E-state index contributed by atoms with van der Waals surface area (Å²) in [5.41, 5.74) is 2.09. The Morgan fingerprint density at radius 3 is 2.38 bits per heavy atom. The minimum atomic E-state index is -0.269. The highest BCUT2D eigenvalue weighted by molar-refractivity contribution is 5.86. The molecule has 3 N–H and O–H groups in total. The lowest BCUT2D eigenvalue weighted by molar-refractivity contribution is -0.119. The van der Waals surface area contributed by atoms with Gasteiger partial charge >= 0.3 is 0 Å². The zero-order valence-corrected chi connectivity index (χ0v) is 15.0. The predicted octanol–water partition coefficient (Wildman–Crippen LogP) is 2.24. The summed E-state index contributed by atoms with van der Waals surface area (Å²) < 4.78 is 12.9.